The Bertz CT molecular complexity index is 1490. The maximum Gasteiger partial charge on any atom is 0.255 e. The standard InChI is InChI=1S/C25H22F2N4O4S/c1-17-3-2-4-18(11-17)24(32)30-20-6-8-21(9-7-20)36(34,35)14-25(33,13-31-16-28-15-29-31)22-10-5-19(26)12-23(22)27/h2-12,15-16,33H,13-14H2,1H3,(H,30,32)/t25-/m0/s1. The molecule has 0 bridgehead atoms. The Morgan fingerprint density at radius 1 is 1.08 bits per heavy atom. The number of hydrogen-bond acceptors (Lipinski definition) is 6. The van der Waals surface area contributed by atoms with Gasteiger partial charge >= 0.3 is 0 Å². The van der Waals surface area contributed by atoms with Gasteiger partial charge in [0.05, 0.1) is 17.2 Å². The molecule has 3 aromatic carbocycles. The highest BCUT2D eigenvalue weighted by molar-refractivity contribution is 7.91. The van der Waals surface area contributed by atoms with Crippen LogP contribution in [0.25, 0.3) is 0 Å². The van der Waals surface area contributed by atoms with E-state index in [4.69, 9.17) is 0 Å². The van der Waals surface area contributed by atoms with Crippen molar-refractivity contribution in [3.8, 4) is 0 Å². The molecule has 1 amide bonds. The molecule has 0 saturated carbocycles. The molecular formula is C25H22F2N4O4S. The predicted molar refractivity (Wildman–Crippen MR) is 128 cm³/mol. The Labute approximate surface area is 206 Å². The Balaban J connectivity index is 1.59. The number of aromatic nitrogens is 3. The minimum absolute atomic E-state index is 0.157. The first kappa shape index (κ1) is 25.1. The van der Waals surface area contributed by atoms with Gasteiger partial charge in [-0.1, -0.05) is 23.8 Å². The van der Waals surface area contributed by atoms with Crippen LogP contribution in [-0.2, 0) is 22.0 Å². The molecule has 0 saturated heterocycles. The molecule has 1 heterocycles. The molecule has 0 aliphatic heterocycles. The van der Waals surface area contributed by atoms with Gasteiger partial charge in [-0.2, -0.15) is 5.10 Å². The summed E-state index contributed by atoms with van der Waals surface area (Å²) in [5.74, 6) is -3.24. The van der Waals surface area contributed by atoms with Gasteiger partial charge in [0.25, 0.3) is 5.91 Å². The lowest BCUT2D eigenvalue weighted by atomic mass is 9.95. The number of amides is 1. The first-order chi connectivity index (χ1) is 17.1. The number of sulfone groups is 1. The van der Waals surface area contributed by atoms with Gasteiger partial charge in [0.2, 0.25) is 0 Å². The minimum atomic E-state index is -4.18. The quantitative estimate of drug-likeness (QED) is 0.374. The van der Waals surface area contributed by atoms with Crippen LogP contribution < -0.4 is 5.32 Å². The van der Waals surface area contributed by atoms with Gasteiger partial charge in [-0.05, 0) is 49.4 Å². The van der Waals surface area contributed by atoms with Crippen molar-refractivity contribution in [2.45, 2.75) is 24.0 Å². The summed E-state index contributed by atoms with van der Waals surface area (Å²) in [6, 6.07) is 14.9. The minimum Gasteiger partial charge on any atom is -0.382 e. The van der Waals surface area contributed by atoms with E-state index in [0.717, 1.165) is 22.4 Å². The molecule has 186 valence electrons. The fraction of sp³-hybridized carbons (Fsp3) is 0.160. The number of aliphatic hydroxyl groups is 1. The lowest BCUT2D eigenvalue weighted by Gasteiger charge is -2.28. The molecule has 0 unspecified atom stereocenters. The summed E-state index contributed by atoms with van der Waals surface area (Å²) in [5, 5.41) is 17.9. The van der Waals surface area contributed by atoms with Gasteiger partial charge in [-0.3, -0.25) is 4.79 Å². The molecule has 2 N–H and O–H groups in total. The van der Waals surface area contributed by atoms with Gasteiger partial charge in [-0.15, -0.1) is 0 Å². The van der Waals surface area contributed by atoms with Crippen LogP contribution in [0.1, 0.15) is 21.5 Å². The van der Waals surface area contributed by atoms with Gasteiger partial charge in [0.1, 0.15) is 29.9 Å². The summed E-state index contributed by atoms with van der Waals surface area (Å²) in [7, 11) is -4.18. The van der Waals surface area contributed by atoms with Crippen LogP contribution in [-0.4, -0.2) is 39.9 Å². The van der Waals surface area contributed by atoms with E-state index < -0.39 is 44.9 Å². The number of nitrogens with one attached hydrogen (secondary N) is 1. The second-order valence-electron chi connectivity index (χ2n) is 8.36. The third-order valence-electron chi connectivity index (χ3n) is 5.50. The summed E-state index contributed by atoms with van der Waals surface area (Å²) in [6.45, 7) is 1.41. The number of nitrogens with zero attached hydrogens (tertiary/aromatic N) is 3. The molecule has 11 heteroatoms. The third kappa shape index (κ3) is 5.64. The summed E-state index contributed by atoms with van der Waals surface area (Å²) in [6.07, 6.45) is 2.42. The van der Waals surface area contributed by atoms with Crippen molar-refractivity contribution >= 4 is 21.4 Å². The summed E-state index contributed by atoms with van der Waals surface area (Å²) in [4.78, 5) is 16.1. The predicted octanol–water partition coefficient (Wildman–Crippen LogP) is 3.48. The summed E-state index contributed by atoms with van der Waals surface area (Å²) in [5.41, 5.74) is -0.957. The van der Waals surface area contributed by atoms with E-state index in [9.17, 15) is 27.1 Å². The molecule has 4 aromatic rings. The number of anilines is 1. The smallest absolute Gasteiger partial charge is 0.255 e. The number of carbonyl (C=O) groups excluding carboxylic acids is 1. The summed E-state index contributed by atoms with van der Waals surface area (Å²) < 4.78 is 55.7. The van der Waals surface area contributed by atoms with Gasteiger partial charge in [0.15, 0.2) is 9.84 Å². The molecular weight excluding hydrogens is 490 g/mol. The van der Waals surface area contributed by atoms with Crippen LogP contribution in [0, 0.1) is 18.6 Å². The van der Waals surface area contributed by atoms with Crippen molar-refractivity contribution in [1.82, 2.24) is 14.8 Å². The fourth-order valence-corrected chi connectivity index (χ4v) is 5.38. The normalized spacial score (nSPS) is 13.2. The first-order valence-corrected chi connectivity index (χ1v) is 12.4. The van der Waals surface area contributed by atoms with Crippen LogP contribution in [0.15, 0.2) is 84.3 Å². The zero-order valence-corrected chi connectivity index (χ0v) is 19.9. The van der Waals surface area contributed by atoms with E-state index in [0.29, 0.717) is 17.3 Å². The molecule has 1 atom stereocenters. The van der Waals surface area contributed by atoms with Crippen molar-refractivity contribution in [2.24, 2.45) is 0 Å². The van der Waals surface area contributed by atoms with E-state index in [2.05, 4.69) is 15.4 Å². The van der Waals surface area contributed by atoms with Gasteiger partial charge in [-0.25, -0.2) is 26.9 Å². The summed E-state index contributed by atoms with van der Waals surface area (Å²) >= 11 is 0. The van der Waals surface area contributed by atoms with E-state index >= 15 is 0 Å². The van der Waals surface area contributed by atoms with Crippen molar-refractivity contribution in [2.75, 3.05) is 11.1 Å². The molecule has 4 rings (SSSR count). The molecule has 8 nitrogen and oxygen atoms in total. The van der Waals surface area contributed by atoms with Crippen LogP contribution >= 0.6 is 0 Å². The molecule has 0 aliphatic carbocycles. The third-order valence-corrected chi connectivity index (χ3v) is 7.35. The molecule has 1 aromatic heterocycles. The monoisotopic (exact) mass is 512 g/mol. The van der Waals surface area contributed by atoms with Crippen LogP contribution in [0.4, 0.5) is 14.5 Å². The number of rotatable bonds is 8. The van der Waals surface area contributed by atoms with Gasteiger partial charge < -0.3 is 10.4 Å². The van der Waals surface area contributed by atoms with E-state index in [1.54, 1.807) is 18.2 Å². The zero-order valence-electron chi connectivity index (χ0n) is 19.1. The maximum absolute atomic E-state index is 14.6. The SMILES string of the molecule is Cc1cccc(C(=O)Nc2ccc(S(=O)(=O)C[C@@](O)(Cn3cncn3)c3ccc(F)cc3F)cc2)c1. The first-order valence-electron chi connectivity index (χ1n) is 10.8. The highest BCUT2D eigenvalue weighted by atomic mass is 32.2. The van der Waals surface area contributed by atoms with Crippen LogP contribution in [0.3, 0.4) is 0 Å². The number of halogens is 2. The highest BCUT2D eigenvalue weighted by Gasteiger charge is 2.39. The molecule has 36 heavy (non-hydrogen) atoms. The molecule has 0 spiro atoms. The van der Waals surface area contributed by atoms with Crippen LogP contribution in [0.2, 0.25) is 0 Å². The Morgan fingerprint density at radius 3 is 2.47 bits per heavy atom. The Kier molecular flexibility index (Phi) is 6.95. The number of aryl methyl sites for hydroxylation is 1. The van der Waals surface area contributed by atoms with Crippen molar-refractivity contribution in [1.29, 1.82) is 0 Å². The Morgan fingerprint density at radius 2 is 1.83 bits per heavy atom. The second kappa shape index (κ2) is 9.96. The van der Waals surface area contributed by atoms with E-state index in [-0.39, 0.29) is 10.8 Å². The molecule has 0 fully saturated rings. The second-order valence-corrected chi connectivity index (χ2v) is 10.3. The largest absolute Gasteiger partial charge is 0.382 e. The molecule has 0 aliphatic rings. The number of hydrogen-bond donors (Lipinski definition) is 2. The van der Waals surface area contributed by atoms with Crippen LogP contribution in [0.5, 0.6) is 0 Å². The number of benzene rings is 3. The van der Waals surface area contributed by atoms with E-state index in [1.807, 2.05) is 13.0 Å². The maximum atomic E-state index is 14.6. The topological polar surface area (TPSA) is 114 Å². The average Bonchev–Trinajstić information content (AvgIpc) is 3.31. The highest BCUT2D eigenvalue weighted by Crippen LogP contribution is 2.31. The van der Waals surface area contributed by atoms with E-state index in [1.165, 1.54) is 36.9 Å². The van der Waals surface area contributed by atoms with Crippen molar-refractivity contribution < 1.29 is 27.1 Å². The number of carbonyl (C=O) groups is 1. The fourth-order valence-electron chi connectivity index (χ4n) is 3.79. The van der Waals surface area contributed by atoms with Crippen molar-refractivity contribution in [3.05, 3.63) is 108 Å². The zero-order chi connectivity index (χ0) is 25.9. The van der Waals surface area contributed by atoms with Crippen molar-refractivity contribution in [3.63, 3.8) is 0 Å². The molecule has 0 radical (unpaired) electrons. The lowest BCUT2D eigenvalue weighted by molar-refractivity contribution is 0.0343. The average molecular weight is 513 g/mol. The Hall–Kier alpha value is -3.96. The van der Waals surface area contributed by atoms with Gasteiger partial charge in [0, 0.05) is 22.9 Å². The lowest BCUT2D eigenvalue weighted by Crippen LogP contribution is -2.40.